The molecular formula is C20H25N3O3S3. The Morgan fingerprint density at radius 3 is 3.10 bits per heavy atom. The lowest BCUT2D eigenvalue weighted by Crippen LogP contribution is -2.24. The van der Waals surface area contributed by atoms with Crippen molar-refractivity contribution < 1.29 is 14.6 Å². The van der Waals surface area contributed by atoms with E-state index in [0.717, 1.165) is 41.6 Å². The van der Waals surface area contributed by atoms with E-state index in [2.05, 4.69) is 33.6 Å². The molecule has 2 aromatic rings. The number of thiophene rings is 1. The third-order valence-corrected chi connectivity index (χ3v) is 7.97. The highest BCUT2D eigenvalue weighted by Crippen LogP contribution is 2.41. The van der Waals surface area contributed by atoms with Gasteiger partial charge in [0.15, 0.2) is 0 Å². The molecule has 0 fully saturated rings. The van der Waals surface area contributed by atoms with Gasteiger partial charge in [-0.3, -0.25) is 4.99 Å². The lowest BCUT2D eigenvalue weighted by molar-refractivity contribution is 0.146. The van der Waals surface area contributed by atoms with E-state index in [9.17, 15) is 5.11 Å². The first kappa shape index (κ1) is 20.9. The minimum atomic E-state index is 0.181. The number of aliphatic hydroxyl groups excluding tert-OH is 1. The Morgan fingerprint density at radius 1 is 1.38 bits per heavy atom. The first-order valence-corrected chi connectivity index (χ1v) is 12.2. The first-order chi connectivity index (χ1) is 14.3. The second-order valence-electron chi connectivity index (χ2n) is 6.81. The van der Waals surface area contributed by atoms with Crippen LogP contribution in [-0.4, -0.2) is 54.9 Å². The van der Waals surface area contributed by atoms with Crippen LogP contribution in [0, 0.1) is 0 Å². The largest absolute Gasteiger partial charge is 0.491 e. The third kappa shape index (κ3) is 5.21. The van der Waals surface area contributed by atoms with Gasteiger partial charge < -0.3 is 24.6 Å². The van der Waals surface area contributed by atoms with Gasteiger partial charge in [0.2, 0.25) is 0 Å². The Balaban J connectivity index is 1.49. The average Bonchev–Trinajstić information content (AvgIpc) is 3.47. The minimum Gasteiger partial charge on any atom is -0.491 e. The van der Waals surface area contributed by atoms with Crippen molar-refractivity contribution in [2.45, 2.75) is 28.3 Å². The number of hydrogen-bond donors (Lipinski definition) is 3. The Kier molecular flexibility index (Phi) is 7.25. The van der Waals surface area contributed by atoms with Gasteiger partial charge in [-0.2, -0.15) is 0 Å². The summed E-state index contributed by atoms with van der Waals surface area (Å²) in [7, 11) is 1.68. The standard InChI is InChI=1S/C20H25N3O3S3/c1-25-6-7-26-14-9-13-10-17(20-21-12-15(28-20)4-5-24)22-19(13)16(11-14)23-29-18-3-2-8-27-18/h2-3,8-9,11,15,17,22-24H,4-7,10,12H2,1H3. The van der Waals surface area contributed by atoms with Crippen LogP contribution in [0.4, 0.5) is 11.4 Å². The van der Waals surface area contributed by atoms with Crippen molar-refractivity contribution in [2.24, 2.45) is 4.99 Å². The molecule has 29 heavy (non-hydrogen) atoms. The van der Waals surface area contributed by atoms with Gasteiger partial charge in [0.25, 0.3) is 0 Å². The summed E-state index contributed by atoms with van der Waals surface area (Å²) in [4.78, 5) is 4.73. The molecule has 4 rings (SSSR count). The number of aliphatic imine (C=N–C) groups is 1. The molecular weight excluding hydrogens is 426 g/mol. The maximum absolute atomic E-state index is 9.20. The number of aliphatic hydroxyl groups is 1. The third-order valence-electron chi connectivity index (χ3n) is 4.74. The van der Waals surface area contributed by atoms with Crippen molar-refractivity contribution >= 4 is 51.5 Å². The maximum atomic E-state index is 9.20. The SMILES string of the molecule is COCCOc1cc2c(c(NSc3cccs3)c1)NC(C1=NCC(CCO)S1)C2. The van der Waals surface area contributed by atoms with Crippen LogP contribution < -0.4 is 14.8 Å². The van der Waals surface area contributed by atoms with Crippen LogP contribution >= 0.6 is 35.0 Å². The topological polar surface area (TPSA) is 75.1 Å². The summed E-state index contributed by atoms with van der Waals surface area (Å²) in [6.45, 7) is 2.09. The first-order valence-electron chi connectivity index (χ1n) is 9.60. The smallest absolute Gasteiger partial charge is 0.121 e. The molecule has 0 spiro atoms. The zero-order chi connectivity index (χ0) is 20.1. The van der Waals surface area contributed by atoms with E-state index >= 15 is 0 Å². The van der Waals surface area contributed by atoms with Gasteiger partial charge in [0.05, 0.1) is 39.8 Å². The van der Waals surface area contributed by atoms with Crippen LogP contribution in [0.15, 0.2) is 38.8 Å². The number of hydrogen-bond acceptors (Lipinski definition) is 9. The number of anilines is 2. The van der Waals surface area contributed by atoms with Crippen LogP contribution in [0.25, 0.3) is 0 Å². The molecule has 0 bridgehead atoms. The average molecular weight is 452 g/mol. The lowest BCUT2D eigenvalue weighted by Gasteiger charge is -2.15. The number of nitrogens with one attached hydrogen (secondary N) is 2. The summed E-state index contributed by atoms with van der Waals surface area (Å²) in [6, 6.07) is 8.49. The van der Waals surface area contributed by atoms with Gasteiger partial charge >= 0.3 is 0 Å². The highest BCUT2D eigenvalue weighted by Gasteiger charge is 2.32. The van der Waals surface area contributed by atoms with Crippen LogP contribution in [0.5, 0.6) is 5.75 Å². The molecule has 0 radical (unpaired) electrons. The number of methoxy groups -OCH3 is 1. The van der Waals surface area contributed by atoms with Gasteiger partial charge in [-0.25, -0.2) is 0 Å². The molecule has 1 aromatic carbocycles. The molecule has 0 aliphatic carbocycles. The molecule has 0 saturated heterocycles. The molecule has 0 amide bonds. The molecule has 156 valence electrons. The van der Waals surface area contributed by atoms with Gasteiger partial charge in [-0.1, -0.05) is 6.07 Å². The van der Waals surface area contributed by atoms with E-state index in [1.165, 1.54) is 9.77 Å². The van der Waals surface area contributed by atoms with Gasteiger partial charge in [-0.15, -0.1) is 23.1 Å². The molecule has 9 heteroatoms. The summed E-state index contributed by atoms with van der Waals surface area (Å²) in [5.41, 5.74) is 3.37. The predicted octanol–water partition coefficient (Wildman–Crippen LogP) is 4.13. The van der Waals surface area contributed by atoms with Gasteiger partial charge in [0, 0.05) is 31.5 Å². The summed E-state index contributed by atoms with van der Waals surface area (Å²) in [5, 5.41) is 16.5. The Bertz CT molecular complexity index is 845. The molecule has 0 saturated carbocycles. The molecule has 6 nitrogen and oxygen atoms in total. The zero-order valence-electron chi connectivity index (χ0n) is 16.2. The van der Waals surface area contributed by atoms with Crippen molar-refractivity contribution in [2.75, 3.05) is 43.5 Å². The molecule has 3 heterocycles. The van der Waals surface area contributed by atoms with Crippen molar-refractivity contribution in [3.05, 3.63) is 35.2 Å². The van der Waals surface area contributed by atoms with Crippen molar-refractivity contribution in [3.8, 4) is 5.75 Å². The normalized spacial score (nSPS) is 20.3. The van der Waals surface area contributed by atoms with E-state index in [4.69, 9.17) is 14.5 Å². The van der Waals surface area contributed by atoms with E-state index in [-0.39, 0.29) is 12.6 Å². The zero-order valence-corrected chi connectivity index (χ0v) is 18.7. The minimum absolute atomic E-state index is 0.181. The molecule has 3 N–H and O–H groups in total. The second kappa shape index (κ2) is 10.1. The molecule has 2 aliphatic rings. The summed E-state index contributed by atoms with van der Waals surface area (Å²) < 4.78 is 15.7. The number of ether oxygens (including phenoxy) is 2. The van der Waals surface area contributed by atoms with Crippen LogP contribution in [0.3, 0.4) is 0 Å². The summed E-state index contributed by atoms with van der Waals surface area (Å²) in [6.07, 6.45) is 1.67. The van der Waals surface area contributed by atoms with E-state index in [0.29, 0.717) is 18.5 Å². The number of thioether (sulfide) groups is 1. The summed E-state index contributed by atoms with van der Waals surface area (Å²) in [5.74, 6) is 0.844. The van der Waals surface area contributed by atoms with E-state index < -0.39 is 0 Å². The molecule has 1 aromatic heterocycles. The monoisotopic (exact) mass is 451 g/mol. The number of nitrogens with zero attached hydrogens (tertiary/aromatic N) is 1. The van der Waals surface area contributed by atoms with Gasteiger partial charge in [-0.05, 0) is 41.4 Å². The fourth-order valence-electron chi connectivity index (χ4n) is 3.36. The maximum Gasteiger partial charge on any atom is 0.121 e. The van der Waals surface area contributed by atoms with E-state index in [1.54, 1.807) is 42.2 Å². The number of fused-ring (bicyclic) bond motifs is 1. The van der Waals surface area contributed by atoms with E-state index in [1.807, 2.05) is 6.07 Å². The summed E-state index contributed by atoms with van der Waals surface area (Å²) >= 11 is 5.12. The Labute approximate surface area is 183 Å². The van der Waals surface area contributed by atoms with Crippen molar-refractivity contribution in [1.82, 2.24) is 0 Å². The fraction of sp³-hybridized carbons (Fsp3) is 0.450. The second-order valence-corrected chi connectivity index (χ2v) is 10.2. The van der Waals surface area contributed by atoms with Crippen LogP contribution in [0.1, 0.15) is 12.0 Å². The molecule has 2 unspecified atom stereocenters. The number of rotatable bonds is 10. The number of benzene rings is 1. The predicted molar refractivity (Wildman–Crippen MR) is 124 cm³/mol. The lowest BCUT2D eigenvalue weighted by atomic mass is 10.1. The Morgan fingerprint density at radius 2 is 2.31 bits per heavy atom. The van der Waals surface area contributed by atoms with Gasteiger partial charge in [0.1, 0.15) is 12.4 Å². The van der Waals surface area contributed by atoms with Crippen LogP contribution in [-0.2, 0) is 11.2 Å². The molecule has 2 aliphatic heterocycles. The highest BCUT2D eigenvalue weighted by molar-refractivity contribution is 8.14. The highest BCUT2D eigenvalue weighted by atomic mass is 32.2. The van der Waals surface area contributed by atoms with Crippen molar-refractivity contribution in [1.29, 1.82) is 0 Å². The van der Waals surface area contributed by atoms with Crippen LogP contribution in [0.2, 0.25) is 0 Å². The Hall–Kier alpha value is -1.39. The quantitative estimate of drug-likeness (QED) is 0.370. The molecule has 2 atom stereocenters. The fourth-order valence-corrected chi connectivity index (χ4v) is 5.98. The van der Waals surface area contributed by atoms with Crippen molar-refractivity contribution in [3.63, 3.8) is 0 Å².